The molecule has 0 bridgehead atoms. The third kappa shape index (κ3) is 5.80. The topological polar surface area (TPSA) is 75.6 Å². The Labute approximate surface area is 161 Å². The standard InChI is InChI=1S/C22H31NO4/c1-15-4-2-7-20(12-15)27-14-16-5-3-6-19(13-16)23-21(24)17-8-10-18(11-9-17)22(25)26/h3,5-6,13,15,17-18,20H,2,4,7-12,14H2,1H3,(H,23,24)(H,25,26). The van der Waals surface area contributed by atoms with Gasteiger partial charge in [-0.05, 0) is 62.1 Å². The number of benzene rings is 1. The number of carboxylic acids is 1. The van der Waals surface area contributed by atoms with E-state index in [1.54, 1.807) is 0 Å². The van der Waals surface area contributed by atoms with E-state index in [-0.39, 0.29) is 17.7 Å². The van der Waals surface area contributed by atoms with E-state index in [1.807, 2.05) is 24.3 Å². The van der Waals surface area contributed by atoms with E-state index in [0.29, 0.717) is 38.4 Å². The Kier molecular flexibility index (Phi) is 6.89. The lowest BCUT2D eigenvalue weighted by Gasteiger charge is -2.27. The molecule has 1 aromatic rings. The molecule has 2 fully saturated rings. The zero-order chi connectivity index (χ0) is 19.2. The highest BCUT2D eigenvalue weighted by Gasteiger charge is 2.29. The van der Waals surface area contributed by atoms with Crippen LogP contribution in [0, 0.1) is 17.8 Å². The molecule has 0 saturated heterocycles. The fourth-order valence-electron chi connectivity index (χ4n) is 4.33. The number of rotatable bonds is 6. The number of anilines is 1. The second kappa shape index (κ2) is 9.36. The highest BCUT2D eigenvalue weighted by atomic mass is 16.5. The first-order valence-electron chi connectivity index (χ1n) is 10.3. The summed E-state index contributed by atoms with van der Waals surface area (Å²) in [5.41, 5.74) is 1.86. The highest BCUT2D eigenvalue weighted by molar-refractivity contribution is 5.92. The van der Waals surface area contributed by atoms with Crippen molar-refractivity contribution >= 4 is 17.6 Å². The van der Waals surface area contributed by atoms with Crippen molar-refractivity contribution in [1.29, 1.82) is 0 Å². The number of carboxylic acid groups (broad SMARTS) is 1. The molecule has 0 aromatic heterocycles. The van der Waals surface area contributed by atoms with Gasteiger partial charge in [-0.3, -0.25) is 9.59 Å². The minimum Gasteiger partial charge on any atom is -0.481 e. The summed E-state index contributed by atoms with van der Waals surface area (Å²) in [6, 6.07) is 7.85. The molecule has 2 unspecified atom stereocenters. The fraction of sp³-hybridized carbons (Fsp3) is 0.636. The predicted octanol–water partition coefficient (Wildman–Crippen LogP) is 4.61. The molecule has 1 aromatic carbocycles. The maximum absolute atomic E-state index is 12.5. The number of hydrogen-bond donors (Lipinski definition) is 2. The molecular formula is C22H31NO4. The molecule has 2 aliphatic rings. The van der Waals surface area contributed by atoms with Crippen LogP contribution in [-0.2, 0) is 20.9 Å². The van der Waals surface area contributed by atoms with E-state index in [4.69, 9.17) is 9.84 Å². The van der Waals surface area contributed by atoms with Gasteiger partial charge in [0.15, 0.2) is 0 Å². The lowest BCUT2D eigenvalue weighted by molar-refractivity contribution is -0.143. The number of nitrogens with one attached hydrogen (secondary N) is 1. The summed E-state index contributed by atoms with van der Waals surface area (Å²) >= 11 is 0. The van der Waals surface area contributed by atoms with Gasteiger partial charge in [0.1, 0.15) is 0 Å². The maximum Gasteiger partial charge on any atom is 0.306 e. The van der Waals surface area contributed by atoms with Gasteiger partial charge in [-0.1, -0.05) is 31.9 Å². The predicted molar refractivity (Wildman–Crippen MR) is 104 cm³/mol. The molecular weight excluding hydrogens is 342 g/mol. The Morgan fingerprint density at radius 1 is 1.11 bits per heavy atom. The van der Waals surface area contributed by atoms with E-state index in [9.17, 15) is 9.59 Å². The van der Waals surface area contributed by atoms with Gasteiger partial charge in [0, 0.05) is 11.6 Å². The van der Waals surface area contributed by atoms with Crippen LogP contribution < -0.4 is 5.32 Å². The number of aliphatic carboxylic acids is 1. The number of carbonyl (C=O) groups excluding carboxylic acids is 1. The molecule has 0 heterocycles. The smallest absolute Gasteiger partial charge is 0.306 e. The number of ether oxygens (including phenoxy) is 1. The van der Waals surface area contributed by atoms with Crippen molar-refractivity contribution < 1.29 is 19.4 Å². The summed E-state index contributed by atoms with van der Waals surface area (Å²) in [6.45, 7) is 2.86. The first-order valence-corrected chi connectivity index (χ1v) is 10.3. The molecule has 0 spiro atoms. The molecule has 5 heteroatoms. The Morgan fingerprint density at radius 3 is 2.56 bits per heavy atom. The normalized spacial score (nSPS) is 28.5. The summed E-state index contributed by atoms with van der Waals surface area (Å²) in [5.74, 6) is -0.390. The third-order valence-electron chi connectivity index (χ3n) is 6.02. The van der Waals surface area contributed by atoms with Crippen molar-refractivity contribution in [2.45, 2.75) is 71.0 Å². The van der Waals surface area contributed by atoms with E-state index < -0.39 is 5.97 Å². The molecule has 2 atom stereocenters. The lowest BCUT2D eigenvalue weighted by Crippen LogP contribution is -2.29. The van der Waals surface area contributed by atoms with Crippen LogP contribution >= 0.6 is 0 Å². The molecule has 2 aliphatic carbocycles. The van der Waals surface area contributed by atoms with Gasteiger partial charge >= 0.3 is 5.97 Å². The van der Waals surface area contributed by atoms with Gasteiger partial charge < -0.3 is 15.2 Å². The molecule has 1 amide bonds. The minimum atomic E-state index is -0.742. The molecule has 2 saturated carbocycles. The SMILES string of the molecule is CC1CCCC(OCc2cccc(NC(=O)C3CCC(C(=O)O)CC3)c2)C1. The van der Waals surface area contributed by atoms with Gasteiger partial charge in [0.25, 0.3) is 0 Å². The van der Waals surface area contributed by atoms with Crippen LogP contribution in [0.2, 0.25) is 0 Å². The second-order valence-electron chi connectivity index (χ2n) is 8.28. The van der Waals surface area contributed by atoms with Crippen LogP contribution in [0.3, 0.4) is 0 Å². The first kappa shape index (κ1) is 19.9. The Morgan fingerprint density at radius 2 is 1.85 bits per heavy atom. The van der Waals surface area contributed by atoms with Gasteiger partial charge in [-0.2, -0.15) is 0 Å². The van der Waals surface area contributed by atoms with Crippen molar-refractivity contribution in [2.24, 2.45) is 17.8 Å². The largest absolute Gasteiger partial charge is 0.481 e. The monoisotopic (exact) mass is 373 g/mol. The Bertz CT molecular complexity index is 651. The zero-order valence-electron chi connectivity index (χ0n) is 16.2. The summed E-state index contributed by atoms with van der Waals surface area (Å²) in [4.78, 5) is 23.5. The average molecular weight is 373 g/mol. The van der Waals surface area contributed by atoms with E-state index in [1.165, 1.54) is 12.8 Å². The van der Waals surface area contributed by atoms with Crippen molar-refractivity contribution in [3.63, 3.8) is 0 Å². The van der Waals surface area contributed by atoms with Crippen LogP contribution in [0.25, 0.3) is 0 Å². The van der Waals surface area contributed by atoms with Crippen LogP contribution in [0.4, 0.5) is 5.69 Å². The minimum absolute atomic E-state index is 0.00184. The summed E-state index contributed by atoms with van der Waals surface area (Å²) in [7, 11) is 0. The van der Waals surface area contributed by atoms with Gasteiger partial charge in [0.05, 0.1) is 18.6 Å². The molecule has 3 rings (SSSR count). The molecule has 148 valence electrons. The number of hydrogen-bond acceptors (Lipinski definition) is 3. The van der Waals surface area contributed by atoms with Crippen LogP contribution in [0.1, 0.15) is 63.9 Å². The number of amides is 1. The Hall–Kier alpha value is -1.88. The van der Waals surface area contributed by atoms with Gasteiger partial charge in [-0.25, -0.2) is 0 Å². The Balaban J connectivity index is 1.48. The van der Waals surface area contributed by atoms with Crippen LogP contribution in [-0.4, -0.2) is 23.1 Å². The van der Waals surface area contributed by atoms with E-state index in [0.717, 1.165) is 30.0 Å². The molecule has 2 N–H and O–H groups in total. The zero-order valence-corrected chi connectivity index (χ0v) is 16.2. The quantitative estimate of drug-likeness (QED) is 0.763. The summed E-state index contributed by atoms with van der Waals surface area (Å²) in [6.07, 6.45) is 7.62. The lowest BCUT2D eigenvalue weighted by atomic mass is 9.81. The fourth-order valence-corrected chi connectivity index (χ4v) is 4.33. The highest BCUT2D eigenvalue weighted by Crippen LogP contribution is 2.30. The molecule has 0 radical (unpaired) electrons. The molecule has 5 nitrogen and oxygen atoms in total. The van der Waals surface area contributed by atoms with Crippen molar-refractivity contribution in [1.82, 2.24) is 0 Å². The van der Waals surface area contributed by atoms with Gasteiger partial charge in [-0.15, -0.1) is 0 Å². The third-order valence-corrected chi connectivity index (χ3v) is 6.02. The van der Waals surface area contributed by atoms with Crippen LogP contribution in [0.5, 0.6) is 0 Å². The van der Waals surface area contributed by atoms with E-state index >= 15 is 0 Å². The van der Waals surface area contributed by atoms with Crippen molar-refractivity contribution in [3.8, 4) is 0 Å². The van der Waals surface area contributed by atoms with Crippen LogP contribution in [0.15, 0.2) is 24.3 Å². The van der Waals surface area contributed by atoms with Crippen molar-refractivity contribution in [3.05, 3.63) is 29.8 Å². The van der Waals surface area contributed by atoms with Gasteiger partial charge in [0.2, 0.25) is 5.91 Å². The number of carbonyl (C=O) groups is 2. The molecule has 27 heavy (non-hydrogen) atoms. The first-order chi connectivity index (χ1) is 13.0. The summed E-state index contributed by atoms with van der Waals surface area (Å²) < 4.78 is 6.08. The second-order valence-corrected chi connectivity index (χ2v) is 8.28. The van der Waals surface area contributed by atoms with E-state index in [2.05, 4.69) is 12.2 Å². The van der Waals surface area contributed by atoms with Crippen molar-refractivity contribution in [2.75, 3.05) is 5.32 Å². The molecule has 0 aliphatic heterocycles. The summed E-state index contributed by atoms with van der Waals surface area (Å²) in [5, 5.41) is 12.1. The average Bonchev–Trinajstić information content (AvgIpc) is 2.67. The maximum atomic E-state index is 12.5.